The van der Waals surface area contributed by atoms with E-state index >= 15 is 0 Å². The van der Waals surface area contributed by atoms with E-state index in [1.54, 1.807) is 13.2 Å². The van der Waals surface area contributed by atoms with Gasteiger partial charge in [0.1, 0.15) is 16.3 Å². The molecular formula is C15H16N6O2S. The van der Waals surface area contributed by atoms with Crippen LogP contribution >= 0.6 is 11.8 Å². The number of rotatable bonds is 5. The smallest absolute Gasteiger partial charge is 0.234 e. The van der Waals surface area contributed by atoms with Gasteiger partial charge in [-0.15, -0.1) is 0 Å². The van der Waals surface area contributed by atoms with Crippen LogP contribution in [0.5, 0.6) is 5.75 Å². The summed E-state index contributed by atoms with van der Waals surface area (Å²) in [7, 11) is 1.60. The number of carbonyl (C=O) groups is 1. The Morgan fingerprint density at radius 3 is 3.04 bits per heavy atom. The van der Waals surface area contributed by atoms with E-state index in [2.05, 4.69) is 25.3 Å². The van der Waals surface area contributed by atoms with Crippen molar-refractivity contribution in [2.24, 2.45) is 0 Å². The monoisotopic (exact) mass is 344 g/mol. The van der Waals surface area contributed by atoms with Crippen LogP contribution in [0.25, 0.3) is 11.2 Å². The van der Waals surface area contributed by atoms with E-state index in [4.69, 9.17) is 10.5 Å². The highest BCUT2D eigenvalue weighted by molar-refractivity contribution is 8.00. The second-order valence-corrected chi connectivity index (χ2v) is 5.97. The average molecular weight is 344 g/mol. The van der Waals surface area contributed by atoms with E-state index < -0.39 is 0 Å². The number of aromatic amines is 1. The second-order valence-electron chi connectivity index (χ2n) is 5.01. The van der Waals surface area contributed by atoms with Gasteiger partial charge in [-0.25, -0.2) is 9.97 Å². The van der Waals surface area contributed by atoms with Crippen LogP contribution in [0.4, 0.5) is 11.6 Å². The predicted molar refractivity (Wildman–Crippen MR) is 93.2 cm³/mol. The average Bonchev–Trinajstić information content (AvgIpc) is 3.02. The SMILES string of the molecule is COc1cc(NC(=O)CSc2nc(N)nc3nc[nH]c23)ccc1C. The zero-order valence-electron chi connectivity index (χ0n) is 13.2. The van der Waals surface area contributed by atoms with E-state index in [9.17, 15) is 4.79 Å². The summed E-state index contributed by atoms with van der Waals surface area (Å²) >= 11 is 1.26. The maximum Gasteiger partial charge on any atom is 0.234 e. The summed E-state index contributed by atoms with van der Waals surface area (Å²) < 4.78 is 5.25. The molecule has 0 aliphatic carbocycles. The lowest BCUT2D eigenvalue weighted by Crippen LogP contribution is -2.14. The molecule has 0 unspecified atom stereocenters. The molecule has 3 aromatic rings. The lowest BCUT2D eigenvalue weighted by Gasteiger charge is -2.09. The number of benzene rings is 1. The summed E-state index contributed by atoms with van der Waals surface area (Å²) in [6.07, 6.45) is 1.52. The number of ether oxygens (including phenoxy) is 1. The number of aromatic nitrogens is 4. The highest BCUT2D eigenvalue weighted by Crippen LogP contribution is 2.25. The quantitative estimate of drug-likeness (QED) is 0.478. The molecule has 4 N–H and O–H groups in total. The van der Waals surface area contributed by atoms with Crippen molar-refractivity contribution < 1.29 is 9.53 Å². The molecule has 0 aliphatic heterocycles. The summed E-state index contributed by atoms with van der Waals surface area (Å²) in [5.74, 6) is 0.876. The standard InChI is InChI=1S/C15H16N6O2S/c1-8-3-4-9(5-10(8)23-2)19-11(22)6-24-14-12-13(18-7-17-12)20-15(16)21-14/h3-5,7H,6H2,1-2H3,(H,19,22)(H3,16,17,18,20,21). The fourth-order valence-corrected chi connectivity index (χ4v) is 2.95. The molecule has 0 radical (unpaired) electrons. The largest absolute Gasteiger partial charge is 0.496 e. The molecule has 0 saturated heterocycles. The number of hydrogen-bond donors (Lipinski definition) is 3. The fraction of sp³-hybridized carbons (Fsp3) is 0.200. The number of aryl methyl sites for hydroxylation is 1. The molecule has 3 rings (SSSR count). The van der Waals surface area contributed by atoms with Crippen molar-refractivity contribution in [1.29, 1.82) is 0 Å². The van der Waals surface area contributed by atoms with Gasteiger partial charge >= 0.3 is 0 Å². The number of thioether (sulfide) groups is 1. The Balaban J connectivity index is 1.68. The van der Waals surface area contributed by atoms with Gasteiger partial charge in [0, 0.05) is 11.8 Å². The highest BCUT2D eigenvalue weighted by Gasteiger charge is 2.12. The molecule has 0 bridgehead atoms. The number of nitrogens with two attached hydrogens (primary N) is 1. The minimum absolute atomic E-state index is 0.126. The van der Waals surface area contributed by atoms with Gasteiger partial charge in [-0.2, -0.15) is 4.98 Å². The van der Waals surface area contributed by atoms with Gasteiger partial charge in [0.05, 0.1) is 19.2 Å². The van der Waals surface area contributed by atoms with Gasteiger partial charge in [0.25, 0.3) is 0 Å². The third kappa shape index (κ3) is 3.40. The van der Waals surface area contributed by atoms with Crippen molar-refractivity contribution in [3.8, 4) is 5.75 Å². The molecule has 124 valence electrons. The lowest BCUT2D eigenvalue weighted by atomic mass is 10.2. The molecule has 24 heavy (non-hydrogen) atoms. The minimum Gasteiger partial charge on any atom is -0.496 e. The highest BCUT2D eigenvalue weighted by atomic mass is 32.2. The number of nitrogens with zero attached hydrogens (tertiary/aromatic N) is 3. The molecule has 0 aliphatic rings. The molecule has 2 heterocycles. The van der Waals surface area contributed by atoms with Gasteiger partial charge in [-0.05, 0) is 18.6 Å². The Morgan fingerprint density at radius 1 is 1.42 bits per heavy atom. The van der Waals surface area contributed by atoms with E-state index in [1.807, 2.05) is 19.1 Å². The Hall–Kier alpha value is -2.81. The number of nitrogens with one attached hydrogen (secondary N) is 2. The predicted octanol–water partition coefficient (Wildman–Crippen LogP) is 1.98. The van der Waals surface area contributed by atoms with E-state index in [-0.39, 0.29) is 17.6 Å². The number of carbonyl (C=O) groups excluding carboxylic acids is 1. The van der Waals surface area contributed by atoms with E-state index in [1.165, 1.54) is 18.1 Å². The maximum absolute atomic E-state index is 12.2. The summed E-state index contributed by atoms with van der Waals surface area (Å²) in [4.78, 5) is 27.3. The topological polar surface area (TPSA) is 119 Å². The van der Waals surface area contributed by atoms with Gasteiger partial charge in [-0.1, -0.05) is 17.8 Å². The van der Waals surface area contributed by atoms with Crippen molar-refractivity contribution in [3.63, 3.8) is 0 Å². The zero-order chi connectivity index (χ0) is 17.1. The van der Waals surface area contributed by atoms with Crippen LogP contribution in [0.15, 0.2) is 29.6 Å². The first kappa shape index (κ1) is 16.1. The second kappa shape index (κ2) is 6.75. The Labute approximate surface area is 142 Å². The van der Waals surface area contributed by atoms with E-state index in [0.717, 1.165) is 11.3 Å². The van der Waals surface area contributed by atoms with Gasteiger partial charge in [-0.3, -0.25) is 4.79 Å². The van der Waals surface area contributed by atoms with Gasteiger partial charge < -0.3 is 20.8 Å². The maximum atomic E-state index is 12.2. The van der Waals surface area contributed by atoms with Gasteiger partial charge in [0.2, 0.25) is 11.9 Å². The Morgan fingerprint density at radius 2 is 2.25 bits per heavy atom. The molecule has 0 atom stereocenters. The van der Waals surface area contributed by atoms with E-state index in [0.29, 0.717) is 21.9 Å². The lowest BCUT2D eigenvalue weighted by molar-refractivity contribution is -0.113. The number of H-pyrrole nitrogens is 1. The number of methoxy groups -OCH3 is 1. The fourth-order valence-electron chi connectivity index (χ4n) is 2.16. The van der Waals surface area contributed by atoms with Crippen molar-refractivity contribution in [2.45, 2.75) is 11.9 Å². The first-order valence-electron chi connectivity index (χ1n) is 7.10. The molecule has 1 amide bonds. The van der Waals surface area contributed by atoms with Crippen LogP contribution in [0, 0.1) is 6.92 Å². The number of anilines is 2. The Kier molecular flexibility index (Phi) is 4.52. The number of imidazole rings is 1. The van der Waals surface area contributed by atoms with Crippen molar-refractivity contribution in [3.05, 3.63) is 30.1 Å². The number of nitrogen functional groups attached to an aromatic ring is 1. The summed E-state index contributed by atoms with van der Waals surface area (Å²) in [6.45, 7) is 1.94. The molecular weight excluding hydrogens is 328 g/mol. The number of amides is 1. The Bertz CT molecular complexity index is 895. The van der Waals surface area contributed by atoms with Crippen molar-refractivity contribution in [2.75, 3.05) is 23.9 Å². The first-order valence-corrected chi connectivity index (χ1v) is 8.09. The summed E-state index contributed by atoms with van der Waals surface area (Å²) in [5.41, 5.74) is 8.48. The minimum atomic E-state index is -0.157. The van der Waals surface area contributed by atoms with Crippen molar-refractivity contribution >= 4 is 40.5 Å². The van der Waals surface area contributed by atoms with Gasteiger partial charge in [0.15, 0.2) is 5.65 Å². The summed E-state index contributed by atoms with van der Waals surface area (Å²) in [5, 5.41) is 3.42. The molecule has 2 aromatic heterocycles. The molecule has 9 heteroatoms. The number of hydrogen-bond acceptors (Lipinski definition) is 7. The third-order valence-corrected chi connectivity index (χ3v) is 4.28. The first-order chi connectivity index (χ1) is 11.6. The number of fused-ring (bicyclic) bond motifs is 1. The van der Waals surface area contributed by atoms with Crippen LogP contribution in [0.2, 0.25) is 0 Å². The zero-order valence-corrected chi connectivity index (χ0v) is 14.0. The molecule has 0 spiro atoms. The molecule has 1 aromatic carbocycles. The van der Waals surface area contributed by atoms with Crippen LogP contribution in [-0.4, -0.2) is 38.7 Å². The van der Waals surface area contributed by atoms with Crippen LogP contribution in [0.3, 0.4) is 0 Å². The third-order valence-electron chi connectivity index (χ3n) is 3.30. The molecule has 0 saturated carbocycles. The molecule has 8 nitrogen and oxygen atoms in total. The van der Waals surface area contributed by atoms with Crippen LogP contribution in [0.1, 0.15) is 5.56 Å². The van der Waals surface area contributed by atoms with Crippen molar-refractivity contribution in [1.82, 2.24) is 19.9 Å². The summed E-state index contributed by atoms with van der Waals surface area (Å²) in [6, 6.07) is 5.50. The molecule has 0 fully saturated rings. The van der Waals surface area contributed by atoms with Crippen LogP contribution < -0.4 is 15.8 Å². The normalized spacial score (nSPS) is 10.8. The van der Waals surface area contributed by atoms with Crippen LogP contribution in [-0.2, 0) is 4.79 Å².